The van der Waals surface area contributed by atoms with Crippen LogP contribution in [0, 0.1) is 0 Å². The van der Waals surface area contributed by atoms with Crippen LogP contribution in [-0.4, -0.2) is 58.5 Å². The zero-order valence-corrected chi connectivity index (χ0v) is 14.1. The maximum absolute atomic E-state index is 12.6. The van der Waals surface area contributed by atoms with Crippen molar-refractivity contribution >= 4 is 11.8 Å². The summed E-state index contributed by atoms with van der Waals surface area (Å²) in [6.07, 6.45) is 3.90. The Labute approximate surface area is 143 Å². The molecule has 2 aliphatic rings. The number of aliphatic hydroxyl groups excluding tert-OH is 1. The van der Waals surface area contributed by atoms with E-state index in [-0.39, 0.29) is 18.4 Å². The van der Waals surface area contributed by atoms with Crippen molar-refractivity contribution in [1.29, 1.82) is 0 Å². The number of hydrogen-bond donors (Lipinski definition) is 1. The molecule has 0 spiro atoms. The van der Waals surface area contributed by atoms with Crippen molar-refractivity contribution in [2.75, 3.05) is 19.6 Å². The van der Waals surface area contributed by atoms with Gasteiger partial charge in [-0.15, -0.1) is 0 Å². The molecular formula is C19H26N2O3. The maximum Gasteiger partial charge on any atom is 0.245 e. The molecule has 5 nitrogen and oxygen atoms in total. The maximum atomic E-state index is 12.6. The molecule has 1 N–H and O–H groups in total. The van der Waals surface area contributed by atoms with E-state index in [2.05, 4.69) is 12.1 Å². The number of aliphatic hydroxyl groups is 1. The minimum Gasteiger partial charge on any atom is -0.391 e. The average molecular weight is 330 g/mol. The van der Waals surface area contributed by atoms with Crippen LogP contribution in [0.3, 0.4) is 0 Å². The Kier molecular flexibility index (Phi) is 5.51. The van der Waals surface area contributed by atoms with Crippen molar-refractivity contribution in [3.05, 3.63) is 35.9 Å². The molecule has 3 rings (SSSR count). The van der Waals surface area contributed by atoms with Crippen LogP contribution in [0.15, 0.2) is 30.3 Å². The van der Waals surface area contributed by atoms with Gasteiger partial charge in [-0.3, -0.25) is 9.59 Å². The standard InChI is InChI=1S/C19H26N2O3/c22-16-13-17(19(24)20-11-4-5-12-20)21(14-16)18(23)10-6-9-15-7-2-1-3-8-15/h1-3,7-8,16-17,22H,4-6,9-14H2/t16-,17-/m0/s1. The van der Waals surface area contributed by atoms with Crippen LogP contribution in [0.5, 0.6) is 0 Å². The number of benzene rings is 1. The smallest absolute Gasteiger partial charge is 0.245 e. The summed E-state index contributed by atoms with van der Waals surface area (Å²) in [6.45, 7) is 1.84. The van der Waals surface area contributed by atoms with Gasteiger partial charge in [0.1, 0.15) is 6.04 Å². The first-order valence-electron chi connectivity index (χ1n) is 8.95. The van der Waals surface area contributed by atoms with Gasteiger partial charge in [-0.25, -0.2) is 0 Å². The van der Waals surface area contributed by atoms with Crippen molar-refractivity contribution < 1.29 is 14.7 Å². The van der Waals surface area contributed by atoms with Crippen molar-refractivity contribution in [3.8, 4) is 0 Å². The molecule has 2 saturated heterocycles. The second-order valence-electron chi connectivity index (χ2n) is 6.82. The molecule has 0 radical (unpaired) electrons. The highest BCUT2D eigenvalue weighted by Gasteiger charge is 2.40. The van der Waals surface area contributed by atoms with E-state index >= 15 is 0 Å². The van der Waals surface area contributed by atoms with Crippen LogP contribution in [-0.2, 0) is 16.0 Å². The predicted octanol–water partition coefficient (Wildman–Crippen LogP) is 1.59. The van der Waals surface area contributed by atoms with Crippen molar-refractivity contribution in [2.45, 2.75) is 50.7 Å². The Morgan fingerprint density at radius 2 is 1.83 bits per heavy atom. The fraction of sp³-hybridized carbons (Fsp3) is 0.579. The molecule has 0 unspecified atom stereocenters. The monoisotopic (exact) mass is 330 g/mol. The van der Waals surface area contributed by atoms with Crippen LogP contribution >= 0.6 is 0 Å². The zero-order chi connectivity index (χ0) is 16.9. The molecule has 0 bridgehead atoms. The van der Waals surface area contributed by atoms with Crippen molar-refractivity contribution in [1.82, 2.24) is 9.80 Å². The van der Waals surface area contributed by atoms with Gasteiger partial charge in [0.05, 0.1) is 6.10 Å². The summed E-state index contributed by atoms with van der Waals surface area (Å²) in [5.41, 5.74) is 1.22. The Morgan fingerprint density at radius 3 is 2.54 bits per heavy atom. The van der Waals surface area contributed by atoms with Gasteiger partial charge < -0.3 is 14.9 Å². The first-order valence-corrected chi connectivity index (χ1v) is 8.95. The lowest BCUT2D eigenvalue weighted by Gasteiger charge is -2.27. The highest BCUT2D eigenvalue weighted by molar-refractivity contribution is 5.88. The largest absolute Gasteiger partial charge is 0.391 e. The molecule has 24 heavy (non-hydrogen) atoms. The van der Waals surface area contributed by atoms with Gasteiger partial charge in [0.25, 0.3) is 0 Å². The minimum absolute atomic E-state index is 0.0139. The second-order valence-corrected chi connectivity index (χ2v) is 6.82. The molecule has 2 heterocycles. The number of rotatable bonds is 5. The van der Waals surface area contributed by atoms with E-state index < -0.39 is 12.1 Å². The molecule has 1 aromatic rings. The van der Waals surface area contributed by atoms with Gasteiger partial charge in [0, 0.05) is 32.5 Å². The SMILES string of the molecule is O=C([C@@H]1C[C@H](O)CN1C(=O)CCCc1ccccc1)N1CCCC1. The lowest BCUT2D eigenvalue weighted by Crippen LogP contribution is -2.46. The Bertz CT molecular complexity index is 569. The fourth-order valence-corrected chi connectivity index (χ4v) is 3.70. The summed E-state index contributed by atoms with van der Waals surface area (Å²) in [5, 5.41) is 9.95. The second kappa shape index (κ2) is 7.79. The quantitative estimate of drug-likeness (QED) is 0.892. The van der Waals surface area contributed by atoms with Crippen LogP contribution < -0.4 is 0 Å². The first kappa shape index (κ1) is 17.0. The number of nitrogens with zero attached hydrogens (tertiary/aromatic N) is 2. The van der Waals surface area contributed by atoms with E-state index in [0.29, 0.717) is 12.8 Å². The Hall–Kier alpha value is -1.88. The van der Waals surface area contributed by atoms with Gasteiger partial charge in [-0.05, 0) is 31.2 Å². The number of aryl methyl sites for hydroxylation is 1. The van der Waals surface area contributed by atoms with Crippen molar-refractivity contribution in [2.24, 2.45) is 0 Å². The topological polar surface area (TPSA) is 60.9 Å². The van der Waals surface area contributed by atoms with E-state index in [4.69, 9.17) is 0 Å². The van der Waals surface area contributed by atoms with E-state index in [1.807, 2.05) is 23.1 Å². The molecule has 2 fully saturated rings. The summed E-state index contributed by atoms with van der Waals surface area (Å²) in [4.78, 5) is 28.6. The summed E-state index contributed by atoms with van der Waals surface area (Å²) in [5.74, 6) is 0.000451. The van der Waals surface area contributed by atoms with Gasteiger partial charge in [-0.1, -0.05) is 30.3 Å². The zero-order valence-electron chi connectivity index (χ0n) is 14.1. The van der Waals surface area contributed by atoms with Crippen LogP contribution in [0.4, 0.5) is 0 Å². The van der Waals surface area contributed by atoms with Crippen molar-refractivity contribution in [3.63, 3.8) is 0 Å². The number of carbonyl (C=O) groups excluding carboxylic acids is 2. The molecule has 0 aromatic heterocycles. The number of β-amino-alcohol motifs (C(OH)–C–C–N with tert-alkyl or cyclic N) is 1. The van der Waals surface area contributed by atoms with Gasteiger partial charge in [-0.2, -0.15) is 0 Å². The first-order chi connectivity index (χ1) is 11.6. The summed E-state index contributed by atoms with van der Waals surface area (Å²) < 4.78 is 0. The molecule has 5 heteroatoms. The number of carbonyl (C=O) groups is 2. The third kappa shape index (κ3) is 3.96. The highest BCUT2D eigenvalue weighted by Crippen LogP contribution is 2.23. The Balaban J connectivity index is 1.54. The predicted molar refractivity (Wildman–Crippen MR) is 91.3 cm³/mol. The fourth-order valence-electron chi connectivity index (χ4n) is 3.70. The van der Waals surface area contributed by atoms with Crippen LogP contribution in [0.1, 0.15) is 37.7 Å². The van der Waals surface area contributed by atoms with Gasteiger partial charge in [0.15, 0.2) is 0 Å². The average Bonchev–Trinajstić information content (AvgIpc) is 3.24. The molecule has 2 amide bonds. The number of amides is 2. The number of hydrogen-bond acceptors (Lipinski definition) is 3. The summed E-state index contributed by atoms with van der Waals surface area (Å²) >= 11 is 0. The molecule has 0 saturated carbocycles. The molecule has 0 aliphatic carbocycles. The summed E-state index contributed by atoms with van der Waals surface area (Å²) in [6, 6.07) is 9.63. The molecule has 130 valence electrons. The van der Waals surface area contributed by atoms with Gasteiger partial charge in [0.2, 0.25) is 11.8 Å². The van der Waals surface area contributed by atoms with Crippen LogP contribution in [0.2, 0.25) is 0 Å². The van der Waals surface area contributed by atoms with E-state index in [9.17, 15) is 14.7 Å². The lowest BCUT2D eigenvalue weighted by atomic mass is 10.1. The minimum atomic E-state index is -0.584. The van der Waals surface area contributed by atoms with Crippen LogP contribution in [0.25, 0.3) is 0 Å². The lowest BCUT2D eigenvalue weighted by molar-refractivity contribution is -0.143. The van der Waals surface area contributed by atoms with E-state index in [1.54, 1.807) is 4.90 Å². The third-order valence-corrected chi connectivity index (χ3v) is 5.00. The molecule has 1 aromatic carbocycles. The third-order valence-electron chi connectivity index (χ3n) is 5.00. The Morgan fingerprint density at radius 1 is 1.12 bits per heavy atom. The van der Waals surface area contributed by atoms with E-state index in [1.165, 1.54) is 5.56 Å². The molecular weight excluding hydrogens is 304 g/mol. The van der Waals surface area contributed by atoms with E-state index in [0.717, 1.165) is 38.8 Å². The van der Waals surface area contributed by atoms with Gasteiger partial charge >= 0.3 is 0 Å². The number of likely N-dealkylation sites (tertiary alicyclic amines) is 2. The molecule has 2 atom stereocenters. The highest BCUT2D eigenvalue weighted by atomic mass is 16.3. The molecule has 2 aliphatic heterocycles. The normalized spacial score (nSPS) is 23.7. The summed E-state index contributed by atoms with van der Waals surface area (Å²) in [7, 11) is 0.